The number of hydrogen-bond acceptors (Lipinski definition) is 2. The quantitative estimate of drug-likeness (QED) is 0.674. The molecule has 1 aromatic heterocycles. The molecule has 1 heterocycles. The molecule has 2 aromatic rings. The van der Waals surface area contributed by atoms with E-state index in [1.165, 1.54) is 5.56 Å². The number of Topliss-reactive ketones (excluding diaryl/α,β-unsaturated/α-hetero) is 1. The minimum atomic E-state index is -0.619. The van der Waals surface area contributed by atoms with E-state index < -0.39 is 11.7 Å². The average molecular weight is 256 g/mol. The van der Waals surface area contributed by atoms with Crippen molar-refractivity contribution in [2.24, 2.45) is 7.05 Å². The fourth-order valence-electron chi connectivity index (χ4n) is 1.82. The van der Waals surface area contributed by atoms with Gasteiger partial charge in [0.1, 0.15) is 0 Å². The molecule has 1 aromatic carbocycles. The van der Waals surface area contributed by atoms with Crippen LogP contribution in [0.5, 0.6) is 0 Å². The van der Waals surface area contributed by atoms with Gasteiger partial charge >= 0.3 is 0 Å². The van der Waals surface area contributed by atoms with Crippen LogP contribution in [0.2, 0.25) is 0 Å². The molecule has 0 aliphatic rings. The summed E-state index contributed by atoms with van der Waals surface area (Å²) >= 11 is 0. The van der Waals surface area contributed by atoms with E-state index >= 15 is 0 Å². The number of nitrogens with one attached hydrogen (secondary N) is 1. The number of amides is 1. The van der Waals surface area contributed by atoms with Gasteiger partial charge in [0.05, 0.1) is 5.69 Å². The first-order valence-corrected chi connectivity index (χ1v) is 6.17. The standard InChI is InChI=1S/C15H16N2O2/c1-3-11-6-8-12(9-7-11)16-15(19)14(18)13-5-4-10-17(13)2/h4-10H,3H2,1-2H3,(H,16,19). The Morgan fingerprint density at radius 2 is 1.84 bits per heavy atom. The van der Waals surface area contributed by atoms with Crippen LogP contribution in [0.25, 0.3) is 0 Å². The number of rotatable bonds is 4. The number of aromatic nitrogens is 1. The number of ketones is 1. The Balaban J connectivity index is 2.08. The highest BCUT2D eigenvalue weighted by atomic mass is 16.2. The molecule has 4 heteroatoms. The first-order chi connectivity index (χ1) is 9.11. The van der Waals surface area contributed by atoms with Gasteiger partial charge in [-0.25, -0.2) is 0 Å². The van der Waals surface area contributed by atoms with Gasteiger partial charge in [-0.2, -0.15) is 0 Å². The van der Waals surface area contributed by atoms with Gasteiger partial charge in [-0.1, -0.05) is 19.1 Å². The van der Waals surface area contributed by atoms with E-state index in [0.717, 1.165) is 6.42 Å². The zero-order valence-electron chi connectivity index (χ0n) is 11.0. The molecule has 4 nitrogen and oxygen atoms in total. The van der Waals surface area contributed by atoms with Gasteiger partial charge in [0.2, 0.25) is 0 Å². The maximum absolute atomic E-state index is 11.9. The summed E-state index contributed by atoms with van der Waals surface area (Å²) in [5, 5.41) is 2.61. The lowest BCUT2D eigenvalue weighted by Crippen LogP contribution is -2.24. The van der Waals surface area contributed by atoms with Crippen molar-refractivity contribution in [3.63, 3.8) is 0 Å². The summed E-state index contributed by atoms with van der Waals surface area (Å²) < 4.78 is 1.63. The molecule has 0 atom stereocenters. The molecule has 0 radical (unpaired) electrons. The molecule has 98 valence electrons. The molecule has 0 bridgehead atoms. The van der Waals surface area contributed by atoms with Crippen LogP contribution in [0.1, 0.15) is 23.0 Å². The van der Waals surface area contributed by atoms with Gasteiger partial charge in [0.25, 0.3) is 11.7 Å². The molecule has 1 amide bonds. The predicted octanol–water partition coefficient (Wildman–Crippen LogP) is 2.41. The van der Waals surface area contributed by atoms with Crippen LogP contribution in [-0.4, -0.2) is 16.3 Å². The van der Waals surface area contributed by atoms with Crippen molar-refractivity contribution in [1.82, 2.24) is 4.57 Å². The van der Waals surface area contributed by atoms with Crippen molar-refractivity contribution < 1.29 is 9.59 Å². The van der Waals surface area contributed by atoms with Crippen LogP contribution < -0.4 is 5.32 Å². The Labute approximate surface area is 112 Å². The third-order valence-corrected chi connectivity index (χ3v) is 3.00. The van der Waals surface area contributed by atoms with Crippen molar-refractivity contribution in [3.8, 4) is 0 Å². The van der Waals surface area contributed by atoms with E-state index in [9.17, 15) is 9.59 Å². The predicted molar refractivity (Wildman–Crippen MR) is 74.2 cm³/mol. The molecule has 0 fully saturated rings. The molecule has 19 heavy (non-hydrogen) atoms. The molecule has 0 aliphatic heterocycles. The highest BCUT2D eigenvalue weighted by Crippen LogP contribution is 2.11. The van der Waals surface area contributed by atoms with E-state index in [-0.39, 0.29) is 0 Å². The molecule has 0 saturated carbocycles. The fourth-order valence-corrected chi connectivity index (χ4v) is 1.82. The zero-order chi connectivity index (χ0) is 13.8. The summed E-state index contributed by atoms with van der Waals surface area (Å²) in [5.74, 6) is -1.15. The fraction of sp³-hybridized carbons (Fsp3) is 0.200. The number of benzene rings is 1. The van der Waals surface area contributed by atoms with E-state index in [4.69, 9.17) is 0 Å². The Morgan fingerprint density at radius 3 is 2.37 bits per heavy atom. The topological polar surface area (TPSA) is 51.1 Å². The smallest absolute Gasteiger partial charge is 0.298 e. The number of carbonyl (C=O) groups excluding carboxylic acids is 2. The number of aryl methyl sites for hydroxylation is 2. The first-order valence-electron chi connectivity index (χ1n) is 6.17. The second-order valence-electron chi connectivity index (χ2n) is 4.34. The Bertz CT molecular complexity index is 597. The van der Waals surface area contributed by atoms with Crippen LogP contribution in [0.4, 0.5) is 5.69 Å². The molecule has 0 spiro atoms. The lowest BCUT2D eigenvalue weighted by atomic mass is 10.1. The molecular weight excluding hydrogens is 240 g/mol. The monoisotopic (exact) mass is 256 g/mol. The summed E-state index contributed by atoms with van der Waals surface area (Å²) in [6, 6.07) is 10.8. The SMILES string of the molecule is CCc1ccc(NC(=O)C(=O)c2cccn2C)cc1. The maximum atomic E-state index is 11.9. The average Bonchev–Trinajstić information content (AvgIpc) is 2.85. The molecule has 0 unspecified atom stereocenters. The highest BCUT2D eigenvalue weighted by Gasteiger charge is 2.18. The number of hydrogen-bond donors (Lipinski definition) is 1. The largest absolute Gasteiger partial charge is 0.348 e. The van der Waals surface area contributed by atoms with E-state index in [0.29, 0.717) is 11.4 Å². The Hall–Kier alpha value is -2.36. The van der Waals surface area contributed by atoms with Crippen molar-refractivity contribution in [2.75, 3.05) is 5.32 Å². The number of anilines is 1. The van der Waals surface area contributed by atoms with Gasteiger partial charge in [0.15, 0.2) is 0 Å². The maximum Gasteiger partial charge on any atom is 0.298 e. The van der Waals surface area contributed by atoms with E-state index in [1.54, 1.807) is 42.1 Å². The first kappa shape index (κ1) is 13.1. The summed E-state index contributed by atoms with van der Waals surface area (Å²) in [4.78, 5) is 23.8. The van der Waals surface area contributed by atoms with Crippen molar-refractivity contribution in [2.45, 2.75) is 13.3 Å². The van der Waals surface area contributed by atoms with Gasteiger partial charge < -0.3 is 9.88 Å². The van der Waals surface area contributed by atoms with Crippen molar-refractivity contribution in [3.05, 3.63) is 53.9 Å². The summed E-state index contributed by atoms with van der Waals surface area (Å²) in [7, 11) is 1.73. The van der Waals surface area contributed by atoms with Gasteiger partial charge in [-0.05, 0) is 36.2 Å². The second-order valence-corrected chi connectivity index (χ2v) is 4.34. The van der Waals surface area contributed by atoms with Crippen LogP contribution in [0, 0.1) is 0 Å². The van der Waals surface area contributed by atoms with Crippen LogP contribution in [0.3, 0.4) is 0 Å². The second kappa shape index (κ2) is 5.52. The Morgan fingerprint density at radius 1 is 1.16 bits per heavy atom. The van der Waals surface area contributed by atoms with E-state index in [2.05, 4.69) is 12.2 Å². The van der Waals surface area contributed by atoms with Crippen LogP contribution in [-0.2, 0) is 18.3 Å². The summed E-state index contributed by atoms with van der Waals surface area (Å²) in [5.41, 5.74) is 2.19. The summed E-state index contributed by atoms with van der Waals surface area (Å²) in [6.45, 7) is 2.06. The molecule has 2 rings (SSSR count). The number of nitrogens with zero attached hydrogens (tertiary/aromatic N) is 1. The minimum absolute atomic E-state index is 0.377. The van der Waals surface area contributed by atoms with Crippen LogP contribution in [0.15, 0.2) is 42.6 Å². The summed E-state index contributed by atoms with van der Waals surface area (Å²) in [6.07, 6.45) is 2.67. The highest BCUT2D eigenvalue weighted by molar-refractivity contribution is 6.46. The zero-order valence-corrected chi connectivity index (χ0v) is 11.0. The minimum Gasteiger partial charge on any atom is -0.348 e. The molecular formula is C15H16N2O2. The lowest BCUT2D eigenvalue weighted by Gasteiger charge is -2.06. The normalized spacial score (nSPS) is 10.2. The number of carbonyl (C=O) groups is 2. The van der Waals surface area contributed by atoms with Crippen LogP contribution >= 0.6 is 0 Å². The molecule has 0 aliphatic carbocycles. The van der Waals surface area contributed by atoms with Crippen molar-refractivity contribution in [1.29, 1.82) is 0 Å². The molecule has 1 N–H and O–H groups in total. The molecule has 0 saturated heterocycles. The third kappa shape index (κ3) is 2.91. The van der Waals surface area contributed by atoms with Gasteiger partial charge in [0, 0.05) is 18.9 Å². The van der Waals surface area contributed by atoms with Gasteiger partial charge in [-0.3, -0.25) is 9.59 Å². The van der Waals surface area contributed by atoms with Crippen molar-refractivity contribution >= 4 is 17.4 Å². The lowest BCUT2D eigenvalue weighted by molar-refractivity contribution is -0.112. The van der Waals surface area contributed by atoms with E-state index in [1.807, 2.05) is 12.1 Å². The third-order valence-electron chi connectivity index (χ3n) is 3.00. The Kier molecular flexibility index (Phi) is 3.80. The van der Waals surface area contributed by atoms with Gasteiger partial charge in [-0.15, -0.1) is 0 Å².